The molecule has 2 N–H and O–H groups in total. The van der Waals surface area contributed by atoms with E-state index >= 15 is 0 Å². The quantitative estimate of drug-likeness (QED) is 0.449. The van der Waals surface area contributed by atoms with Crippen LogP contribution in [0.25, 0.3) is 0 Å². The standard InChI is InChI=1S/C17H32N4/c1-3-4-12-21-13-8-7-11-16(21)14-19-17(18-2)20-15-9-5-6-10-15/h5-6,15-16H,3-4,7-14H2,1-2H3,(H2,18,19,20). The Kier molecular flexibility index (Phi) is 7.07. The largest absolute Gasteiger partial charge is 0.355 e. The highest BCUT2D eigenvalue weighted by Gasteiger charge is 2.22. The maximum Gasteiger partial charge on any atom is 0.191 e. The molecule has 1 fully saturated rings. The first-order valence-electron chi connectivity index (χ1n) is 8.69. The smallest absolute Gasteiger partial charge is 0.191 e. The van der Waals surface area contributed by atoms with Crippen LogP contribution in [0.3, 0.4) is 0 Å². The van der Waals surface area contributed by atoms with E-state index in [2.05, 4.69) is 39.6 Å². The van der Waals surface area contributed by atoms with Gasteiger partial charge in [0.2, 0.25) is 0 Å². The van der Waals surface area contributed by atoms with Crippen molar-refractivity contribution in [2.24, 2.45) is 4.99 Å². The van der Waals surface area contributed by atoms with E-state index in [-0.39, 0.29) is 0 Å². The lowest BCUT2D eigenvalue weighted by molar-refractivity contribution is 0.147. The summed E-state index contributed by atoms with van der Waals surface area (Å²) in [7, 11) is 1.87. The van der Waals surface area contributed by atoms with Crippen LogP contribution in [0.4, 0.5) is 0 Å². The van der Waals surface area contributed by atoms with Gasteiger partial charge in [-0.15, -0.1) is 0 Å². The van der Waals surface area contributed by atoms with E-state index in [4.69, 9.17) is 0 Å². The van der Waals surface area contributed by atoms with Crippen LogP contribution in [0.1, 0.15) is 51.9 Å². The van der Waals surface area contributed by atoms with Crippen molar-refractivity contribution in [3.05, 3.63) is 12.2 Å². The second kappa shape index (κ2) is 9.08. The van der Waals surface area contributed by atoms with Crippen molar-refractivity contribution in [3.63, 3.8) is 0 Å². The normalized spacial score (nSPS) is 24.5. The predicted octanol–water partition coefficient (Wildman–Crippen LogP) is 2.52. The Morgan fingerprint density at radius 1 is 1.29 bits per heavy atom. The van der Waals surface area contributed by atoms with Gasteiger partial charge in [0.15, 0.2) is 5.96 Å². The van der Waals surface area contributed by atoms with E-state index in [1.165, 1.54) is 45.2 Å². The first-order chi connectivity index (χ1) is 10.3. The fourth-order valence-corrected chi connectivity index (χ4v) is 3.28. The summed E-state index contributed by atoms with van der Waals surface area (Å²) >= 11 is 0. The van der Waals surface area contributed by atoms with Gasteiger partial charge in [-0.05, 0) is 45.2 Å². The van der Waals surface area contributed by atoms with E-state index in [9.17, 15) is 0 Å². The number of piperidine rings is 1. The van der Waals surface area contributed by atoms with Crippen LogP contribution in [-0.4, -0.2) is 49.6 Å². The van der Waals surface area contributed by atoms with Crippen LogP contribution in [0.5, 0.6) is 0 Å². The summed E-state index contributed by atoms with van der Waals surface area (Å²) < 4.78 is 0. The molecule has 0 spiro atoms. The van der Waals surface area contributed by atoms with Crippen LogP contribution in [0, 0.1) is 0 Å². The highest BCUT2D eigenvalue weighted by atomic mass is 15.2. The summed E-state index contributed by atoms with van der Waals surface area (Å²) in [5.41, 5.74) is 0. The first kappa shape index (κ1) is 16.3. The fraction of sp³-hybridized carbons (Fsp3) is 0.824. The monoisotopic (exact) mass is 292 g/mol. The van der Waals surface area contributed by atoms with Gasteiger partial charge >= 0.3 is 0 Å². The second-order valence-electron chi connectivity index (χ2n) is 6.28. The fourth-order valence-electron chi connectivity index (χ4n) is 3.28. The number of rotatable bonds is 6. The van der Waals surface area contributed by atoms with Gasteiger partial charge in [-0.2, -0.15) is 0 Å². The lowest BCUT2D eigenvalue weighted by Gasteiger charge is -2.36. The maximum atomic E-state index is 4.37. The van der Waals surface area contributed by atoms with E-state index in [0.29, 0.717) is 12.1 Å². The maximum absolute atomic E-state index is 4.37. The molecule has 0 radical (unpaired) electrons. The minimum absolute atomic E-state index is 0.527. The Bertz CT molecular complexity index is 343. The average Bonchev–Trinajstić information content (AvgIpc) is 3.03. The molecule has 120 valence electrons. The number of nitrogens with zero attached hydrogens (tertiary/aromatic N) is 2. The van der Waals surface area contributed by atoms with Gasteiger partial charge in [0, 0.05) is 25.7 Å². The van der Waals surface area contributed by atoms with Crippen LogP contribution in [0.15, 0.2) is 17.1 Å². The minimum Gasteiger partial charge on any atom is -0.355 e. The molecule has 1 aliphatic carbocycles. The molecule has 4 nitrogen and oxygen atoms in total. The molecule has 1 aliphatic heterocycles. The molecule has 21 heavy (non-hydrogen) atoms. The number of aliphatic imine (C=N–C) groups is 1. The van der Waals surface area contributed by atoms with Crippen molar-refractivity contribution in [1.29, 1.82) is 0 Å². The van der Waals surface area contributed by atoms with E-state index in [1.54, 1.807) is 0 Å². The van der Waals surface area contributed by atoms with E-state index < -0.39 is 0 Å². The molecular weight excluding hydrogens is 260 g/mol. The van der Waals surface area contributed by atoms with Crippen LogP contribution in [0.2, 0.25) is 0 Å². The van der Waals surface area contributed by atoms with Crippen molar-refractivity contribution in [3.8, 4) is 0 Å². The average molecular weight is 292 g/mol. The molecule has 0 amide bonds. The number of hydrogen-bond donors (Lipinski definition) is 2. The molecule has 1 heterocycles. The SMILES string of the molecule is CCCCN1CCCCC1CNC(=NC)NC1CC=CC1. The molecule has 0 aromatic heterocycles. The van der Waals surface area contributed by atoms with E-state index in [0.717, 1.165) is 25.3 Å². The van der Waals surface area contributed by atoms with Crippen molar-refractivity contribution in [1.82, 2.24) is 15.5 Å². The van der Waals surface area contributed by atoms with Gasteiger partial charge in [0.25, 0.3) is 0 Å². The molecule has 0 bridgehead atoms. The lowest BCUT2D eigenvalue weighted by Crippen LogP contribution is -2.50. The van der Waals surface area contributed by atoms with Gasteiger partial charge in [-0.3, -0.25) is 9.89 Å². The third kappa shape index (κ3) is 5.34. The Morgan fingerprint density at radius 3 is 2.81 bits per heavy atom. The summed E-state index contributed by atoms with van der Waals surface area (Å²) in [4.78, 5) is 7.04. The Hall–Kier alpha value is -1.03. The number of nitrogens with one attached hydrogen (secondary N) is 2. The first-order valence-corrected chi connectivity index (χ1v) is 8.69. The summed E-state index contributed by atoms with van der Waals surface area (Å²) in [6, 6.07) is 1.20. The predicted molar refractivity (Wildman–Crippen MR) is 90.8 cm³/mol. The lowest BCUT2D eigenvalue weighted by atomic mass is 10.0. The van der Waals surface area contributed by atoms with Gasteiger partial charge in [0.1, 0.15) is 0 Å². The molecule has 1 unspecified atom stereocenters. The van der Waals surface area contributed by atoms with Crippen molar-refractivity contribution >= 4 is 5.96 Å². The second-order valence-corrected chi connectivity index (χ2v) is 6.28. The minimum atomic E-state index is 0.527. The van der Waals surface area contributed by atoms with Gasteiger partial charge in [-0.25, -0.2) is 0 Å². The molecule has 0 aromatic carbocycles. The topological polar surface area (TPSA) is 39.7 Å². The third-order valence-corrected chi connectivity index (χ3v) is 4.63. The molecule has 2 aliphatic rings. The summed E-state index contributed by atoms with van der Waals surface area (Å²) in [5, 5.41) is 7.06. The van der Waals surface area contributed by atoms with Crippen LogP contribution >= 0.6 is 0 Å². The van der Waals surface area contributed by atoms with E-state index in [1.807, 2.05) is 7.05 Å². The molecular formula is C17H32N4. The molecule has 1 saturated heterocycles. The highest BCUT2D eigenvalue weighted by molar-refractivity contribution is 5.80. The van der Waals surface area contributed by atoms with Gasteiger partial charge in [0.05, 0.1) is 0 Å². The van der Waals surface area contributed by atoms with Crippen LogP contribution in [-0.2, 0) is 0 Å². The zero-order chi connectivity index (χ0) is 14.9. The van der Waals surface area contributed by atoms with Crippen molar-refractivity contribution in [2.75, 3.05) is 26.7 Å². The highest BCUT2D eigenvalue weighted by Crippen LogP contribution is 2.17. The number of guanidine groups is 1. The molecule has 2 rings (SSSR count). The Morgan fingerprint density at radius 2 is 2.10 bits per heavy atom. The molecule has 4 heteroatoms. The molecule has 0 aromatic rings. The van der Waals surface area contributed by atoms with Crippen LogP contribution < -0.4 is 10.6 Å². The summed E-state index contributed by atoms with van der Waals surface area (Å²) in [5.74, 6) is 0.963. The molecule has 0 saturated carbocycles. The van der Waals surface area contributed by atoms with Gasteiger partial charge < -0.3 is 10.6 Å². The van der Waals surface area contributed by atoms with Gasteiger partial charge in [-0.1, -0.05) is 31.9 Å². The molecule has 1 atom stereocenters. The Labute approximate surface area is 130 Å². The third-order valence-electron chi connectivity index (χ3n) is 4.63. The van der Waals surface area contributed by atoms with Crippen molar-refractivity contribution in [2.45, 2.75) is 64.0 Å². The van der Waals surface area contributed by atoms with Crippen molar-refractivity contribution < 1.29 is 0 Å². The number of hydrogen-bond acceptors (Lipinski definition) is 2. The number of likely N-dealkylation sites (tertiary alicyclic amines) is 1. The summed E-state index contributed by atoms with van der Waals surface area (Å²) in [6.07, 6.45) is 13.4. The number of unbranched alkanes of at least 4 members (excludes halogenated alkanes) is 1. The summed E-state index contributed by atoms with van der Waals surface area (Å²) in [6.45, 7) is 5.81. The zero-order valence-electron chi connectivity index (χ0n) is 13.8. The Balaban J connectivity index is 1.75. The zero-order valence-corrected chi connectivity index (χ0v) is 13.8.